The van der Waals surface area contributed by atoms with E-state index < -0.39 is 5.67 Å². The molecule has 0 radical (unpaired) electrons. The van der Waals surface area contributed by atoms with E-state index in [9.17, 15) is 4.39 Å². The molecule has 2 bridgehead atoms. The van der Waals surface area contributed by atoms with Crippen molar-refractivity contribution < 1.29 is 9.13 Å². The summed E-state index contributed by atoms with van der Waals surface area (Å²) in [5.41, 5.74) is 5.51. The standard InChI is InChI=1S/C29H32FIN8O/c30-29-15-28(16-29,17-29)18-33-10-19-4-5-26-34-21(12-38(26)11-19)13-39-14-25(36-37-39)22-7-20(31)8-24(23(22)9-32)35-27-3-1-2-6-40-27/h4-5,7-9,11-12,14,27,32-33,35H,1-3,6,10,13,15-18H2. The van der Waals surface area contributed by atoms with E-state index in [0.717, 1.165) is 89.9 Å². The molecule has 3 N–H and O–H groups in total. The van der Waals surface area contributed by atoms with Crippen molar-refractivity contribution in [3.05, 3.63) is 63.2 Å². The van der Waals surface area contributed by atoms with Crippen LogP contribution < -0.4 is 10.6 Å². The maximum absolute atomic E-state index is 13.8. The SMILES string of the molecule is N=Cc1c(NC2CCCCO2)cc(I)cc1-c1cn(Cc2cn3cc(CNCC45CC(F)(C4)C5)ccc3n2)nn1. The molecule has 1 unspecified atom stereocenters. The van der Waals surface area contributed by atoms with Crippen LogP contribution >= 0.6 is 22.6 Å². The summed E-state index contributed by atoms with van der Waals surface area (Å²) >= 11 is 2.30. The third kappa shape index (κ3) is 5.03. The van der Waals surface area contributed by atoms with Crippen LogP contribution in [0.15, 0.2) is 42.9 Å². The van der Waals surface area contributed by atoms with Crippen molar-refractivity contribution in [2.75, 3.05) is 18.5 Å². The highest BCUT2D eigenvalue weighted by Gasteiger charge is 2.68. The molecule has 40 heavy (non-hydrogen) atoms. The molecule has 3 saturated carbocycles. The fraction of sp³-hybridized carbons (Fsp3) is 0.448. The van der Waals surface area contributed by atoms with E-state index >= 15 is 0 Å². The highest BCUT2D eigenvalue weighted by molar-refractivity contribution is 14.1. The topological polar surface area (TPSA) is 105 Å². The van der Waals surface area contributed by atoms with E-state index in [1.165, 1.54) is 11.8 Å². The van der Waals surface area contributed by atoms with E-state index in [-0.39, 0.29) is 11.6 Å². The molecule has 3 aromatic heterocycles. The van der Waals surface area contributed by atoms with Crippen LogP contribution in [-0.4, -0.2) is 55.6 Å². The number of halogens is 2. The van der Waals surface area contributed by atoms with Gasteiger partial charge in [-0.3, -0.25) is 0 Å². The van der Waals surface area contributed by atoms with Gasteiger partial charge in [0.25, 0.3) is 0 Å². The van der Waals surface area contributed by atoms with Crippen LogP contribution in [0.3, 0.4) is 0 Å². The van der Waals surface area contributed by atoms with Crippen LogP contribution in [0.5, 0.6) is 0 Å². The molecule has 3 aliphatic carbocycles. The number of nitrogens with one attached hydrogen (secondary N) is 3. The Labute approximate surface area is 245 Å². The van der Waals surface area contributed by atoms with Crippen LogP contribution in [0.2, 0.25) is 0 Å². The molecule has 208 valence electrons. The van der Waals surface area contributed by atoms with E-state index in [2.05, 4.69) is 55.8 Å². The number of benzene rings is 1. The molecule has 0 spiro atoms. The predicted molar refractivity (Wildman–Crippen MR) is 159 cm³/mol. The molecule has 4 aromatic rings. The molecule has 0 amide bonds. The first-order valence-electron chi connectivity index (χ1n) is 13.9. The number of hydrogen-bond donors (Lipinski definition) is 3. The monoisotopic (exact) mass is 654 g/mol. The van der Waals surface area contributed by atoms with Gasteiger partial charge in [0.1, 0.15) is 23.2 Å². The summed E-state index contributed by atoms with van der Waals surface area (Å²) in [6, 6.07) is 8.19. The first-order chi connectivity index (χ1) is 19.4. The third-order valence-electron chi connectivity index (χ3n) is 8.39. The summed E-state index contributed by atoms with van der Waals surface area (Å²) < 4.78 is 24.5. The largest absolute Gasteiger partial charge is 0.360 e. The third-order valence-corrected chi connectivity index (χ3v) is 9.01. The molecular formula is C29H32FIN8O. The number of fused-ring (bicyclic) bond motifs is 1. The fourth-order valence-electron chi connectivity index (χ4n) is 6.59. The number of hydrogen-bond acceptors (Lipinski definition) is 7. The van der Waals surface area contributed by atoms with Crippen LogP contribution in [-0.2, 0) is 17.8 Å². The van der Waals surface area contributed by atoms with Gasteiger partial charge in [-0.1, -0.05) is 11.3 Å². The minimum Gasteiger partial charge on any atom is -0.360 e. The van der Waals surface area contributed by atoms with Gasteiger partial charge in [-0.25, -0.2) is 14.1 Å². The Hall–Kier alpha value is -2.90. The summed E-state index contributed by atoms with van der Waals surface area (Å²) in [6.07, 6.45) is 12.7. The molecule has 1 aromatic carbocycles. The van der Waals surface area contributed by atoms with E-state index in [4.69, 9.17) is 15.1 Å². The van der Waals surface area contributed by atoms with Gasteiger partial charge in [0.15, 0.2) is 0 Å². The summed E-state index contributed by atoms with van der Waals surface area (Å²) in [5, 5.41) is 23.9. The Morgan fingerprint density at radius 3 is 2.83 bits per heavy atom. The van der Waals surface area contributed by atoms with Gasteiger partial charge < -0.3 is 25.2 Å². The first kappa shape index (κ1) is 26.0. The average Bonchev–Trinajstić information content (AvgIpc) is 3.53. The van der Waals surface area contributed by atoms with Crippen molar-refractivity contribution in [3.63, 3.8) is 0 Å². The normalized spacial score (nSPS) is 25.4. The Kier molecular flexibility index (Phi) is 6.62. The number of pyridine rings is 1. The first-order valence-corrected chi connectivity index (χ1v) is 15.0. The second kappa shape index (κ2) is 10.2. The molecule has 1 saturated heterocycles. The van der Waals surface area contributed by atoms with E-state index in [1.54, 1.807) is 4.68 Å². The Morgan fingerprint density at radius 1 is 1.18 bits per heavy atom. The lowest BCUT2D eigenvalue weighted by Gasteiger charge is -2.66. The molecular weight excluding hydrogens is 622 g/mol. The van der Waals surface area contributed by atoms with Crippen LogP contribution in [0.4, 0.5) is 10.1 Å². The van der Waals surface area contributed by atoms with Crippen molar-refractivity contribution in [1.29, 1.82) is 5.41 Å². The van der Waals surface area contributed by atoms with Gasteiger partial charge >= 0.3 is 0 Å². The highest BCUT2D eigenvalue weighted by Crippen LogP contribution is 2.69. The van der Waals surface area contributed by atoms with Crippen molar-refractivity contribution >= 4 is 40.1 Å². The number of nitrogens with zero attached hydrogens (tertiary/aromatic N) is 5. The molecule has 4 aliphatic rings. The minimum atomic E-state index is -0.842. The zero-order valence-electron chi connectivity index (χ0n) is 22.2. The van der Waals surface area contributed by atoms with Gasteiger partial charge in [0.05, 0.1) is 18.4 Å². The molecule has 4 heterocycles. The molecule has 1 atom stereocenters. The molecule has 11 heteroatoms. The van der Waals surface area contributed by atoms with Crippen molar-refractivity contribution in [3.8, 4) is 11.3 Å². The Bertz CT molecular complexity index is 1560. The summed E-state index contributed by atoms with van der Waals surface area (Å²) in [4.78, 5) is 4.77. The summed E-state index contributed by atoms with van der Waals surface area (Å²) in [5.74, 6) is 0. The average molecular weight is 655 g/mol. The number of aromatic nitrogens is 5. The summed E-state index contributed by atoms with van der Waals surface area (Å²) in [6.45, 7) is 2.88. The number of anilines is 1. The number of ether oxygens (including phenoxy) is 1. The number of alkyl halides is 1. The smallest absolute Gasteiger partial charge is 0.137 e. The predicted octanol–water partition coefficient (Wildman–Crippen LogP) is 5.16. The second-order valence-corrected chi connectivity index (χ2v) is 12.9. The molecule has 8 rings (SSSR count). The van der Waals surface area contributed by atoms with Crippen LogP contribution in [0.25, 0.3) is 16.9 Å². The van der Waals surface area contributed by atoms with Crippen molar-refractivity contribution in [2.45, 2.75) is 63.5 Å². The molecule has 1 aliphatic heterocycles. The lowest BCUT2D eigenvalue weighted by atomic mass is 9.42. The Morgan fingerprint density at radius 2 is 2.05 bits per heavy atom. The number of imidazole rings is 1. The lowest BCUT2D eigenvalue weighted by molar-refractivity contribution is -0.209. The van der Waals surface area contributed by atoms with Gasteiger partial charge in [0, 0.05) is 58.7 Å². The molecule has 9 nitrogen and oxygen atoms in total. The quantitative estimate of drug-likeness (QED) is 0.161. The number of rotatable bonds is 10. The lowest BCUT2D eigenvalue weighted by Crippen LogP contribution is -2.67. The van der Waals surface area contributed by atoms with Gasteiger partial charge in [-0.15, -0.1) is 5.10 Å². The van der Waals surface area contributed by atoms with E-state index in [0.29, 0.717) is 12.2 Å². The molecule has 4 fully saturated rings. The van der Waals surface area contributed by atoms with Gasteiger partial charge in [0.2, 0.25) is 0 Å². The van der Waals surface area contributed by atoms with Gasteiger partial charge in [-0.05, 0) is 90.3 Å². The Balaban J connectivity index is 1.04. The van der Waals surface area contributed by atoms with Crippen LogP contribution in [0, 0.1) is 14.4 Å². The fourth-order valence-corrected chi connectivity index (χ4v) is 7.21. The van der Waals surface area contributed by atoms with Crippen LogP contribution in [0.1, 0.15) is 55.3 Å². The maximum atomic E-state index is 13.8. The summed E-state index contributed by atoms with van der Waals surface area (Å²) in [7, 11) is 0. The highest BCUT2D eigenvalue weighted by atomic mass is 127. The zero-order chi connectivity index (χ0) is 27.3. The minimum absolute atomic E-state index is 0.0441. The second-order valence-electron chi connectivity index (χ2n) is 11.7. The van der Waals surface area contributed by atoms with Crippen molar-refractivity contribution in [1.82, 2.24) is 29.7 Å². The maximum Gasteiger partial charge on any atom is 0.137 e. The van der Waals surface area contributed by atoms with E-state index in [1.807, 2.05) is 35.0 Å². The zero-order valence-corrected chi connectivity index (χ0v) is 24.3. The van der Waals surface area contributed by atoms with Crippen molar-refractivity contribution in [2.24, 2.45) is 5.41 Å². The van der Waals surface area contributed by atoms with Gasteiger partial charge in [-0.2, -0.15) is 0 Å².